The van der Waals surface area contributed by atoms with Crippen LogP contribution in [0, 0.1) is 15.4 Å². The van der Waals surface area contributed by atoms with Crippen LogP contribution in [0.1, 0.15) is 28.2 Å². The molecule has 2 N–H and O–H groups in total. The molecule has 4 aromatic carbocycles. The lowest BCUT2D eigenvalue weighted by Crippen LogP contribution is -2.54. The Balaban J connectivity index is 1.29. The molecule has 3 aliphatic carbocycles. The van der Waals surface area contributed by atoms with E-state index in [4.69, 9.17) is 0 Å². The molecule has 208 valence electrons. The molecule has 0 aromatic heterocycles. The molecule has 2 atom stereocenters. The quantitative estimate of drug-likeness (QED) is 0.113. The maximum absolute atomic E-state index is 14.4. The van der Waals surface area contributed by atoms with Gasteiger partial charge in [-0.15, -0.1) is 0 Å². The summed E-state index contributed by atoms with van der Waals surface area (Å²) in [6, 6.07) is 30.9. The fraction of sp³-hybridized carbons (Fsp3) is 0.152. The fourth-order valence-electron chi connectivity index (χ4n) is 6.89. The molecule has 2 bridgehead atoms. The minimum Gasteiger partial charge on any atom is -0.376 e. The first-order chi connectivity index (χ1) is 20.4. The lowest BCUT2D eigenvalue weighted by Gasteiger charge is -2.52. The van der Waals surface area contributed by atoms with Gasteiger partial charge in [0.1, 0.15) is 0 Å². The van der Waals surface area contributed by atoms with E-state index in [2.05, 4.69) is 54.4 Å². The maximum Gasteiger partial charge on any atom is 0.259 e. The molecule has 42 heavy (non-hydrogen) atoms. The summed E-state index contributed by atoms with van der Waals surface area (Å²) in [6.45, 7) is 0.0288. The topological polar surface area (TPSA) is 90.9 Å². The van der Waals surface area contributed by atoms with Gasteiger partial charge in [-0.1, -0.05) is 64.5 Å². The zero-order valence-electron chi connectivity index (χ0n) is 22.1. The van der Waals surface area contributed by atoms with E-state index in [-0.39, 0.29) is 30.2 Å². The Hall–Kier alpha value is -3.83. The third kappa shape index (κ3) is 4.12. The monoisotopic (exact) mass is 730 g/mol. The predicted octanol–water partition coefficient (Wildman–Crippen LogP) is 5.82. The zero-order chi connectivity index (χ0) is 29.0. The molecule has 1 fully saturated rings. The molecule has 9 heteroatoms. The van der Waals surface area contributed by atoms with Crippen molar-refractivity contribution >= 4 is 73.8 Å². The van der Waals surface area contributed by atoms with Gasteiger partial charge in [0.05, 0.1) is 29.5 Å². The van der Waals surface area contributed by atoms with Gasteiger partial charge in [0.25, 0.3) is 5.91 Å². The van der Waals surface area contributed by atoms with Crippen LogP contribution in [0.15, 0.2) is 107 Å². The second-order valence-corrected chi connectivity index (χ2v) is 12.8. The summed E-state index contributed by atoms with van der Waals surface area (Å²) in [6.07, 6.45) is 1.68. The molecule has 0 spiro atoms. The van der Waals surface area contributed by atoms with Crippen molar-refractivity contribution in [3.05, 3.63) is 127 Å². The van der Waals surface area contributed by atoms with Gasteiger partial charge in [0.15, 0.2) is 0 Å². The van der Waals surface area contributed by atoms with E-state index in [0.717, 1.165) is 36.0 Å². The molecule has 3 amide bonds. The molecule has 7 nitrogen and oxygen atoms in total. The minimum absolute atomic E-state index is 0.0288. The number of anilines is 2. The van der Waals surface area contributed by atoms with Gasteiger partial charge < -0.3 is 5.32 Å². The van der Waals surface area contributed by atoms with Crippen LogP contribution in [-0.2, 0) is 19.8 Å². The summed E-state index contributed by atoms with van der Waals surface area (Å²) in [5.41, 5.74) is 6.87. The third-order valence-corrected chi connectivity index (χ3v) is 9.77. The number of hydrogen-bond donors (Lipinski definition) is 2. The number of imide groups is 1. The Morgan fingerprint density at radius 1 is 0.881 bits per heavy atom. The van der Waals surface area contributed by atoms with Gasteiger partial charge in [0, 0.05) is 25.9 Å². The van der Waals surface area contributed by atoms with Gasteiger partial charge in [-0.05, 0) is 93.4 Å². The van der Waals surface area contributed by atoms with Crippen LogP contribution < -0.4 is 15.6 Å². The van der Waals surface area contributed by atoms with Crippen LogP contribution in [0.2, 0.25) is 0 Å². The lowest BCUT2D eigenvalue weighted by atomic mass is 9.47. The molecule has 1 aliphatic heterocycles. The SMILES string of the molecule is O=C(CNc1ccc(I)cc1)N/N=C\C12c3ccccc3C(c3ccccc31)[C@H]1C(=O)N(c3ccc(Br)cc3)C(=O)[C@H]12. The number of nitrogens with one attached hydrogen (secondary N) is 2. The molecular formula is C33H24BrIN4O3. The highest BCUT2D eigenvalue weighted by atomic mass is 127. The second kappa shape index (κ2) is 10.5. The van der Waals surface area contributed by atoms with E-state index in [1.165, 1.54) is 4.90 Å². The molecule has 1 saturated heterocycles. The zero-order valence-corrected chi connectivity index (χ0v) is 25.9. The van der Waals surface area contributed by atoms with Crippen LogP contribution in [0.25, 0.3) is 0 Å². The average molecular weight is 731 g/mol. The summed E-state index contributed by atoms with van der Waals surface area (Å²) in [5, 5.41) is 7.56. The number of hydrogen-bond acceptors (Lipinski definition) is 5. The smallest absolute Gasteiger partial charge is 0.259 e. The summed E-state index contributed by atoms with van der Waals surface area (Å²) in [5.74, 6) is -2.38. The van der Waals surface area contributed by atoms with E-state index < -0.39 is 17.3 Å². The summed E-state index contributed by atoms with van der Waals surface area (Å²) < 4.78 is 1.96. The van der Waals surface area contributed by atoms with Crippen LogP contribution in [0.3, 0.4) is 0 Å². The lowest BCUT2D eigenvalue weighted by molar-refractivity contribution is -0.122. The Morgan fingerprint density at radius 3 is 2.14 bits per heavy atom. The molecule has 1 heterocycles. The van der Waals surface area contributed by atoms with Crippen LogP contribution in [-0.4, -0.2) is 30.5 Å². The van der Waals surface area contributed by atoms with Crippen molar-refractivity contribution in [2.24, 2.45) is 16.9 Å². The number of nitrogens with zero attached hydrogens (tertiary/aromatic N) is 2. The maximum atomic E-state index is 14.4. The van der Waals surface area contributed by atoms with E-state index in [1.807, 2.05) is 84.9 Å². The van der Waals surface area contributed by atoms with Crippen molar-refractivity contribution in [3.63, 3.8) is 0 Å². The van der Waals surface area contributed by atoms with Gasteiger partial charge in [-0.25, -0.2) is 10.3 Å². The largest absolute Gasteiger partial charge is 0.376 e. The Morgan fingerprint density at radius 2 is 1.50 bits per heavy atom. The molecule has 4 aliphatic rings. The number of amides is 3. The van der Waals surface area contributed by atoms with E-state index in [9.17, 15) is 14.4 Å². The van der Waals surface area contributed by atoms with E-state index in [0.29, 0.717) is 5.69 Å². The highest BCUT2D eigenvalue weighted by Gasteiger charge is 2.68. The molecular weight excluding hydrogens is 707 g/mol. The van der Waals surface area contributed by atoms with E-state index >= 15 is 0 Å². The van der Waals surface area contributed by atoms with Gasteiger partial charge in [0.2, 0.25) is 11.8 Å². The first kappa shape index (κ1) is 27.0. The van der Waals surface area contributed by atoms with Crippen LogP contribution in [0.4, 0.5) is 11.4 Å². The number of carbonyl (C=O) groups is 3. The Labute approximate surface area is 264 Å². The van der Waals surface area contributed by atoms with Crippen molar-refractivity contribution in [1.29, 1.82) is 0 Å². The minimum atomic E-state index is -1.04. The molecule has 4 aromatic rings. The number of hydrazone groups is 1. The number of rotatable bonds is 6. The summed E-state index contributed by atoms with van der Waals surface area (Å²) in [7, 11) is 0. The van der Waals surface area contributed by atoms with Crippen molar-refractivity contribution in [2.75, 3.05) is 16.8 Å². The Bertz CT molecular complexity index is 1730. The third-order valence-electron chi connectivity index (χ3n) is 8.52. The number of halogens is 2. The average Bonchev–Trinajstić information content (AvgIpc) is 3.28. The second-order valence-electron chi connectivity index (χ2n) is 10.7. The molecule has 0 unspecified atom stereocenters. The number of benzene rings is 4. The van der Waals surface area contributed by atoms with E-state index in [1.54, 1.807) is 18.3 Å². The Kier molecular flexibility index (Phi) is 6.73. The van der Waals surface area contributed by atoms with Crippen molar-refractivity contribution < 1.29 is 14.4 Å². The summed E-state index contributed by atoms with van der Waals surface area (Å²) >= 11 is 5.67. The van der Waals surface area contributed by atoms with Gasteiger partial charge >= 0.3 is 0 Å². The normalized spacial score (nSPS) is 23.5. The van der Waals surface area contributed by atoms with Crippen molar-refractivity contribution in [3.8, 4) is 0 Å². The first-order valence-electron chi connectivity index (χ1n) is 13.5. The van der Waals surface area contributed by atoms with Crippen molar-refractivity contribution in [1.82, 2.24) is 5.43 Å². The van der Waals surface area contributed by atoms with Crippen LogP contribution >= 0.6 is 38.5 Å². The number of carbonyl (C=O) groups excluding carboxylic acids is 3. The predicted molar refractivity (Wildman–Crippen MR) is 173 cm³/mol. The molecule has 0 radical (unpaired) electrons. The molecule has 0 saturated carbocycles. The first-order valence-corrected chi connectivity index (χ1v) is 15.4. The standard InChI is InChI=1S/C33H24BrIN4O3/c34-19-9-15-22(16-10-19)39-31(41)29-28-23-5-1-3-7-25(23)33(30(29)32(39)42,26-8-4-2-6-24(26)28)18-37-38-27(40)17-36-21-13-11-20(35)12-14-21/h1-16,18,28-30,36H,17H2,(H,38,40)/b37-18-/t28?,29-,30+,33?/m1/s1. The van der Waals surface area contributed by atoms with Crippen LogP contribution in [0.5, 0.6) is 0 Å². The summed E-state index contributed by atoms with van der Waals surface area (Å²) in [4.78, 5) is 42.7. The van der Waals surface area contributed by atoms with Gasteiger partial charge in [-0.3, -0.25) is 14.4 Å². The van der Waals surface area contributed by atoms with Gasteiger partial charge in [-0.2, -0.15) is 5.10 Å². The van der Waals surface area contributed by atoms with Crippen molar-refractivity contribution in [2.45, 2.75) is 11.3 Å². The highest BCUT2D eigenvalue weighted by molar-refractivity contribution is 14.1. The fourth-order valence-corrected chi connectivity index (χ4v) is 7.51. The highest BCUT2D eigenvalue weighted by Crippen LogP contribution is 2.63. The molecule has 8 rings (SSSR count).